The van der Waals surface area contributed by atoms with E-state index >= 15 is 0 Å². The third-order valence-electron chi connectivity index (χ3n) is 3.16. The van der Waals surface area contributed by atoms with Crippen LogP contribution in [0, 0.1) is 0 Å². The molecule has 0 aliphatic carbocycles. The number of rotatable bonds is 6. The second-order valence-electron chi connectivity index (χ2n) is 4.94. The molecule has 0 saturated carbocycles. The van der Waals surface area contributed by atoms with Crippen LogP contribution in [0.2, 0.25) is 0 Å². The fraction of sp³-hybridized carbons (Fsp3) is 0.375. The molecule has 0 unspecified atom stereocenters. The largest absolute Gasteiger partial charge is 0.103 e. The molecule has 0 bridgehead atoms. The van der Waals surface area contributed by atoms with E-state index in [1.54, 1.807) is 0 Å². The molecule has 0 aliphatic heterocycles. The van der Waals surface area contributed by atoms with Crippen LogP contribution in [0.3, 0.4) is 0 Å². The summed E-state index contributed by atoms with van der Waals surface area (Å²) in [5.74, 6) is 0. The van der Waals surface area contributed by atoms with E-state index in [1.807, 2.05) is 19.1 Å². The molecule has 2 heteroatoms. The van der Waals surface area contributed by atoms with Crippen LogP contribution in [0.4, 0.5) is 0 Å². The second-order valence-corrected chi connectivity index (χ2v) is 4.94. The Kier molecular flexibility index (Phi) is 5.07. The van der Waals surface area contributed by atoms with E-state index in [9.17, 15) is 0 Å². The van der Waals surface area contributed by atoms with E-state index in [2.05, 4.69) is 32.2 Å². The summed E-state index contributed by atoms with van der Waals surface area (Å²) in [6.45, 7) is 11.8. The monoisotopic (exact) mass is 234 g/mol. The molecule has 0 aromatic heterocycles. The lowest BCUT2D eigenvalue weighted by Gasteiger charge is -2.23. The highest BCUT2D eigenvalue weighted by Gasteiger charge is 2.15. The van der Waals surface area contributed by atoms with Gasteiger partial charge in [-0.2, -0.15) is 0 Å². The Balaban J connectivity index is 3.20. The van der Waals surface area contributed by atoms with Gasteiger partial charge in [0, 0.05) is 0 Å². The summed E-state index contributed by atoms with van der Waals surface area (Å²) in [5.41, 5.74) is 4.53. The highest BCUT2D eigenvalue weighted by molar-refractivity contribution is 6.39. The van der Waals surface area contributed by atoms with Crippen molar-refractivity contribution in [2.75, 3.05) is 0 Å². The van der Waals surface area contributed by atoms with Crippen LogP contribution in [0.25, 0.3) is 5.57 Å². The van der Waals surface area contributed by atoms with Gasteiger partial charge in [0.25, 0.3) is 0 Å². The molecule has 1 aromatic carbocycles. The van der Waals surface area contributed by atoms with Crippen LogP contribution in [0.5, 0.6) is 0 Å². The summed E-state index contributed by atoms with van der Waals surface area (Å²) < 4.78 is 0. The van der Waals surface area contributed by atoms with Gasteiger partial charge < -0.3 is 0 Å². The SMILES string of the molecule is [B]C([B])(C)c1ccc(CCC=C)c(C(=C)CC)c1. The third kappa shape index (κ3) is 3.66. The minimum Gasteiger partial charge on any atom is -0.103 e. The Hall–Kier alpha value is -1.17. The van der Waals surface area contributed by atoms with E-state index in [0.717, 1.165) is 30.4 Å². The average molecular weight is 234 g/mol. The maximum atomic E-state index is 5.95. The van der Waals surface area contributed by atoms with Crippen molar-refractivity contribution in [2.45, 2.75) is 38.3 Å². The second kappa shape index (κ2) is 6.13. The van der Waals surface area contributed by atoms with Gasteiger partial charge in [-0.15, -0.1) is 6.58 Å². The van der Waals surface area contributed by atoms with Crippen molar-refractivity contribution in [2.24, 2.45) is 0 Å². The first kappa shape index (κ1) is 14.9. The van der Waals surface area contributed by atoms with Crippen LogP contribution >= 0.6 is 0 Å². The summed E-state index contributed by atoms with van der Waals surface area (Å²) in [6.07, 6.45) is 4.80. The Morgan fingerprint density at radius 2 is 2.06 bits per heavy atom. The molecule has 90 valence electrons. The van der Waals surface area contributed by atoms with E-state index in [1.165, 1.54) is 11.1 Å². The zero-order valence-electron chi connectivity index (χ0n) is 11.5. The predicted octanol–water partition coefficient (Wildman–Crippen LogP) is 3.74. The normalized spacial score (nSPS) is 11.2. The molecule has 0 spiro atoms. The van der Waals surface area contributed by atoms with Gasteiger partial charge in [-0.3, -0.25) is 0 Å². The summed E-state index contributed by atoms with van der Waals surface area (Å²) in [7, 11) is 11.9. The fourth-order valence-electron chi connectivity index (χ4n) is 1.91. The van der Waals surface area contributed by atoms with Gasteiger partial charge in [0.05, 0.1) is 15.7 Å². The van der Waals surface area contributed by atoms with Crippen molar-refractivity contribution in [1.29, 1.82) is 0 Å². The lowest BCUT2D eigenvalue weighted by molar-refractivity contribution is 0.951. The number of allylic oxidation sites excluding steroid dienone is 2. The smallest absolute Gasteiger partial charge is 0.0679 e. The molecular weight excluding hydrogens is 214 g/mol. The van der Waals surface area contributed by atoms with Crippen molar-refractivity contribution in [1.82, 2.24) is 0 Å². The standard InChI is InChI=1S/C16H20B2/c1-5-7-8-13-9-10-14(16(4,17)18)11-15(13)12(3)6-2/h5,9-11H,1,3,6-8H2,2,4H3. The van der Waals surface area contributed by atoms with Crippen LogP contribution in [0.15, 0.2) is 37.4 Å². The van der Waals surface area contributed by atoms with Crippen molar-refractivity contribution in [3.63, 3.8) is 0 Å². The van der Waals surface area contributed by atoms with Gasteiger partial charge in [0.2, 0.25) is 0 Å². The Labute approximate surface area is 114 Å². The summed E-state index contributed by atoms with van der Waals surface area (Å²) in [4.78, 5) is 0. The van der Waals surface area contributed by atoms with Crippen LogP contribution in [-0.4, -0.2) is 15.7 Å². The molecule has 0 aliphatic rings. The van der Waals surface area contributed by atoms with Gasteiger partial charge in [0.15, 0.2) is 0 Å². The minimum atomic E-state index is -0.806. The van der Waals surface area contributed by atoms with Crippen molar-refractivity contribution >= 4 is 21.3 Å². The average Bonchev–Trinajstić information content (AvgIpc) is 2.34. The van der Waals surface area contributed by atoms with Gasteiger partial charge in [0.1, 0.15) is 0 Å². The van der Waals surface area contributed by atoms with E-state index < -0.39 is 5.21 Å². The predicted molar refractivity (Wildman–Crippen MR) is 83.1 cm³/mol. The Morgan fingerprint density at radius 1 is 1.39 bits per heavy atom. The van der Waals surface area contributed by atoms with Crippen molar-refractivity contribution in [3.8, 4) is 0 Å². The number of aryl methyl sites for hydroxylation is 1. The number of hydrogen-bond donors (Lipinski definition) is 0. The van der Waals surface area contributed by atoms with Gasteiger partial charge in [-0.05, 0) is 36.0 Å². The summed E-state index contributed by atoms with van der Waals surface area (Å²) >= 11 is 0. The van der Waals surface area contributed by atoms with Crippen molar-refractivity contribution in [3.05, 3.63) is 54.1 Å². The van der Waals surface area contributed by atoms with E-state index in [4.69, 9.17) is 15.7 Å². The molecule has 0 saturated heterocycles. The van der Waals surface area contributed by atoms with Crippen LogP contribution in [0.1, 0.15) is 43.4 Å². The first-order valence-corrected chi connectivity index (χ1v) is 6.40. The lowest BCUT2D eigenvalue weighted by Crippen LogP contribution is -2.22. The molecule has 0 fully saturated rings. The van der Waals surface area contributed by atoms with Gasteiger partial charge >= 0.3 is 0 Å². The van der Waals surface area contributed by atoms with E-state index in [-0.39, 0.29) is 0 Å². The maximum Gasteiger partial charge on any atom is 0.0679 e. The lowest BCUT2D eigenvalue weighted by atomic mass is 9.52. The maximum absolute atomic E-state index is 5.95. The fourth-order valence-corrected chi connectivity index (χ4v) is 1.91. The molecule has 0 atom stereocenters. The summed E-state index contributed by atoms with van der Waals surface area (Å²) in [5, 5.41) is -0.806. The van der Waals surface area contributed by atoms with Gasteiger partial charge in [-0.1, -0.05) is 55.5 Å². The minimum absolute atomic E-state index is 0.806. The molecule has 1 rings (SSSR count). The Bertz CT molecular complexity index is 439. The highest BCUT2D eigenvalue weighted by atomic mass is 14.1. The topological polar surface area (TPSA) is 0 Å². The summed E-state index contributed by atoms with van der Waals surface area (Å²) in [6, 6.07) is 6.18. The number of benzene rings is 1. The third-order valence-corrected chi connectivity index (χ3v) is 3.16. The Morgan fingerprint density at radius 3 is 2.56 bits per heavy atom. The highest BCUT2D eigenvalue weighted by Crippen LogP contribution is 2.27. The van der Waals surface area contributed by atoms with Gasteiger partial charge in [-0.25, -0.2) is 0 Å². The first-order chi connectivity index (χ1) is 8.40. The molecule has 0 N–H and O–H groups in total. The molecule has 0 nitrogen and oxygen atoms in total. The molecule has 18 heavy (non-hydrogen) atoms. The van der Waals surface area contributed by atoms with Crippen LogP contribution < -0.4 is 0 Å². The zero-order chi connectivity index (χ0) is 13.8. The quantitative estimate of drug-likeness (QED) is 0.519. The zero-order valence-corrected chi connectivity index (χ0v) is 11.5. The molecule has 0 amide bonds. The number of hydrogen-bond acceptors (Lipinski definition) is 0. The molecule has 4 radical (unpaired) electrons. The van der Waals surface area contributed by atoms with E-state index in [0.29, 0.717) is 0 Å². The first-order valence-electron chi connectivity index (χ1n) is 6.40. The molecule has 1 aromatic rings. The molecular formula is C16H20B2. The molecule has 0 heterocycles. The van der Waals surface area contributed by atoms with Crippen LogP contribution in [-0.2, 0) is 11.6 Å². The van der Waals surface area contributed by atoms with Crippen molar-refractivity contribution < 1.29 is 0 Å².